The molecule has 0 saturated heterocycles. The summed E-state index contributed by atoms with van der Waals surface area (Å²) in [6.07, 6.45) is 0.0117. The van der Waals surface area contributed by atoms with Crippen LogP contribution in [0.4, 0.5) is 0 Å². The molecule has 1 saturated carbocycles. The second-order valence-corrected chi connectivity index (χ2v) is 8.66. The average molecular weight is 399 g/mol. The van der Waals surface area contributed by atoms with Crippen LogP contribution in [0.2, 0.25) is 5.02 Å². The van der Waals surface area contributed by atoms with Crippen molar-refractivity contribution in [3.8, 4) is 0 Å². The fourth-order valence-corrected chi connectivity index (χ4v) is 4.00. The first-order valence-corrected chi connectivity index (χ1v) is 9.64. The quantitative estimate of drug-likeness (QED) is 0.599. The van der Waals surface area contributed by atoms with Crippen LogP contribution in [0.25, 0.3) is 0 Å². The topological polar surface area (TPSA) is 71.4 Å². The van der Waals surface area contributed by atoms with Crippen LogP contribution in [0.5, 0.6) is 0 Å². The van der Waals surface area contributed by atoms with Crippen molar-refractivity contribution in [2.75, 3.05) is 0 Å². The molecule has 1 unspecified atom stereocenters. The summed E-state index contributed by atoms with van der Waals surface area (Å²) in [6, 6.07) is 15.2. The highest BCUT2D eigenvalue weighted by molar-refractivity contribution is 6.30. The van der Waals surface area contributed by atoms with E-state index in [1.54, 1.807) is 54.6 Å². The third kappa shape index (κ3) is 3.94. The Labute approximate surface area is 169 Å². The molecule has 1 fully saturated rings. The summed E-state index contributed by atoms with van der Waals surface area (Å²) >= 11 is 5.97. The summed E-state index contributed by atoms with van der Waals surface area (Å²) < 4.78 is 0. The Bertz CT molecular complexity index is 880. The van der Waals surface area contributed by atoms with Gasteiger partial charge >= 0.3 is 0 Å². The van der Waals surface area contributed by atoms with Gasteiger partial charge in [-0.1, -0.05) is 67.9 Å². The molecule has 0 amide bonds. The van der Waals surface area contributed by atoms with E-state index >= 15 is 0 Å². The first kappa shape index (κ1) is 20.4. The van der Waals surface area contributed by atoms with Crippen molar-refractivity contribution < 1.29 is 19.5 Å². The van der Waals surface area contributed by atoms with Gasteiger partial charge in [0.1, 0.15) is 0 Å². The number of carbonyl (C=O) groups is 3. The maximum absolute atomic E-state index is 12.9. The fourth-order valence-electron chi connectivity index (χ4n) is 3.87. The minimum absolute atomic E-state index is 0.0822. The third-order valence-corrected chi connectivity index (χ3v) is 5.64. The Morgan fingerprint density at radius 2 is 1.54 bits per heavy atom. The zero-order valence-electron chi connectivity index (χ0n) is 15.9. The SMILES string of the molecule is CC1(C)CC(=O)C(O)(C(CC(=O)c2ccccc2)c2ccc(Cl)cc2)C(=O)C1. The van der Waals surface area contributed by atoms with E-state index in [1.165, 1.54) is 0 Å². The number of hydrogen-bond donors (Lipinski definition) is 1. The molecule has 2 aromatic carbocycles. The number of halogens is 1. The third-order valence-electron chi connectivity index (χ3n) is 5.39. The Balaban J connectivity index is 2.03. The summed E-state index contributed by atoms with van der Waals surface area (Å²) in [4.78, 5) is 38.7. The standard InChI is InChI=1S/C23H23ClO4/c1-22(2)13-20(26)23(28,21(27)14-22)18(15-8-10-17(24)11-9-15)12-19(25)16-6-4-3-5-7-16/h3-11,18,28H,12-14H2,1-2H3. The van der Waals surface area contributed by atoms with Gasteiger partial charge in [-0.15, -0.1) is 0 Å². The van der Waals surface area contributed by atoms with E-state index in [1.807, 2.05) is 13.8 Å². The molecule has 4 nitrogen and oxygen atoms in total. The first-order valence-electron chi connectivity index (χ1n) is 9.26. The molecule has 0 aromatic heterocycles. The molecule has 28 heavy (non-hydrogen) atoms. The van der Waals surface area contributed by atoms with E-state index in [0.29, 0.717) is 16.1 Å². The van der Waals surface area contributed by atoms with Crippen LogP contribution < -0.4 is 0 Å². The molecule has 0 bridgehead atoms. The Hall–Kier alpha value is -2.30. The molecular weight excluding hydrogens is 376 g/mol. The zero-order chi connectivity index (χ0) is 20.5. The first-order chi connectivity index (χ1) is 13.1. The van der Waals surface area contributed by atoms with Gasteiger partial charge in [-0.2, -0.15) is 0 Å². The summed E-state index contributed by atoms with van der Waals surface area (Å²) in [6.45, 7) is 3.66. The lowest BCUT2D eigenvalue weighted by molar-refractivity contribution is -0.161. The normalized spacial score (nSPS) is 19.3. The molecular formula is C23H23ClO4. The van der Waals surface area contributed by atoms with Gasteiger partial charge in [0.25, 0.3) is 0 Å². The van der Waals surface area contributed by atoms with Gasteiger partial charge in [-0.3, -0.25) is 14.4 Å². The van der Waals surface area contributed by atoms with E-state index in [2.05, 4.69) is 0 Å². The maximum Gasteiger partial charge on any atom is 0.188 e. The molecule has 0 radical (unpaired) electrons. The van der Waals surface area contributed by atoms with Crippen LogP contribution in [0.15, 0.2) is 54.6 Å². The molecule has 3 rings (SSSR count). The number of Topliss-reactive ketones (excluding diaryl/α,β-unsaturated/α-hetero) is 3. The van der Waals surface area contributed by atoms with Crippen molar-refractivity contribution in [1.29, 1.82) is 0 Å². The number of aliphatic hydroxyl groups is 1. The Kier molecular flexibility index (Phi) is 5.55. The summed E-state index contributed by atoms with van der Waals surface area (Å²) in [5.74, 6) is -2.27. The smallest absolute Gasteiger partial charge is 0.188 e. The van der Waals surface area contributed by atoms with Gasteiger partial charge in [0, 0.05) is 35.8 Å². The maximum atomic E-state index is 12.9. The largest absolute Gasteiger partial charge is 0.374 e. The van der Waals surface area contributed by atoms with Gasteiger partial charge < -0.3 is 5.11 Å². The van der Waals surface area contributed by atoms with Gasteiger partial charge in [0.05, 0.1) is 0 Å². The minimum Gasteiger partial charge on any atom is -0.374 e. The summed E-state index contributed by atoms with van der Waals surface area (Å²) in [7, 11) is 0. The lowest BCUT2D eigenvalue weighted by Crippen LogP contribution is -2.57. The fraction of sp³-hybridized carbons (Fsp3) is 0.348. The number of hydrogen-bond acceptors (Lipinski definition) is 4. The molecule has 0 heterocycles. The number of ketones is 3. The van der Waals surface area contributed by atoms with E-state index in [9.17, 15) is 19.5 Å². The van der Waals surface area contributed by atoms with Crippen LogP contribution in [-0.4, -0.2) is 28.1 Å². The molecule has 5 heteroatoms. The monoisotopic (exact) mass is 398 g/mol. The zero-order valence-corrected chi connectivity index (χ0v) is 16.7. The van der Waals surface area contributed by atoms with E-state index in [-0.39, 0.29) is 25.0 Å². The van der Waals surface area contributed by atoms with Gasteiger partial charge in [0.2, 0.25) is 0 Å². The number of rotatable bonds is 5. The van der Waals surface area contributed by atoms with Crippen molar-refractivity contribution >= 4 is 29.0 Å². The molecule has 0 aliphatic heterocycles. The van der Waals surface area contributed by atoms with Crippen molar-refractivity contribution in [1.82, 2.24) is 0 Å². The molecule has 2 aromatic rings. The molecule has 1 atom stereocenters. The van der Waals surface area contributed by atoms with Crippen LogP contribution in [0.3, 0.4) is 0 Å². The lowest BCUT2D eigenvalue weighted by atomic mass is 9.63. The molecule has 1 aliphatic carbocycles. The Morgan fingerprint density at radius 1 is 1.00 bits per heavy atom. The summed E-state index contributed by atoms with van der Waals surface area (Å²) in [5.41, 5.74) is -1.71. The van der Waals surface area contributed by atoms with Crippen molar-refractivity contribution in [2.45, 2.75) is 44.6 Å². The van der Waals surface area contributed by atoms with Crippen LogP contribution >= 0.6 is 11.6 Å². The predicted octanol–water partition coefficient (Wildman–Crippen LogP) is 4.39. The number of carbonyl (C=O) groups excluding carboxylic acids is 3. The van der Waals surface area contributed by atoms with E-state index in [4.69, 9.17) is 11.6 Å². The van der Waals surface area contributed by atoms with Crippen molar-refractivity contribution in [3.63, 3.8) is 0 Å². The van der Waals surface area contributed by atoms with Gasteiger partial charge in [-0.05, 0) is 23.1 Å². The van der Waals surface area contributed by atoms with Crippen LogP contribution in [0, 0.1) is 5.41 Å². The highest BCUT2D eigenvalue weighted by Gasteiger charge is 2.55. The van der Waals surface area contributed by atoms with E-state index < -0.39 is 28.5 Å². The minimum atomic E-state index is -2.21. The van der Waals surface area contributed by atoms with E-state index in [0.717, 1.165) is 0 Å². The van der Waals surface area contributed by atoms with Crippen LogP contribution in [0.1, 0.15) is 54.9 Å². The predicted molar refractivity (Wildman–Crippen MR) is 108 cm³/mol. The van der Waals surface area contributed by atoms with Crippen molar-refractivity contribution in [2.24, 2.45) is 5.41 Å². The van der Waals surface area contributed by atoms with Gasteiger partial charge in [-0.25, -0.2) is 0 Å². The molecule has 0 spiro atoms. The molecule has 1 aliphatic rings. The van der Waals surface area contributed by atoms with Gasteiger partial charge in [0.15, 0.2) is 23.0 Å². The van der Waals surface area contributed by atoms with Crippen LogP contribution in [-0.2, 0) is 9.59 Å². The second kappa shape index (κ2) is 7.61. The average Bonchev–Trinajstić information content (AvgIpc) is 2.65. The van der Waals surface area contributed by atoms with Crippen molar-refractivity contribution in [3.05, 3.63) is 70.7 Å². The Morgan fingerprint density at radius 3 is 2.07 bits per heavy atom. The highest BCUT2D eigenvalue weighted by atomic mass is 35.5. The number of benzene rings is 2. The highest BCUT2D eigenvalue weighted by Crippen LogP contribution is 2.44. The molecule has 146 valence electrons. The summed E-state index contributed by atoms with van der Waals surface area (Å²) in [5, 5.41) is 11.8. The molecule has 1 N–H and O–H groups in total. The second-order valence-electron chi connectivity index (χ2n) is 8.23. The lowest BCUT2D eigenvalue weighted by Gasteiger charge is -2.41.